The van der Waals surface area contributed by atoms with Crippen molar-refractivity contribution in [2.75, 3.05) is 0 Å². The molecule has 34 heavy (non-hydrogen) atoms. The average Bonchev–Trinajstić information content (AvgIpc) is 2.96. The zero-order valence-corrected chi connectivity index (χ0v) is 35.6. The Balaban J connectivity index is 2.96. The second kappa shape index (κ2) is 8.97. The van der Waals surface area contributed by atoms with Gasteiger partial charge in [-0.2, -0.15) is 0 Å². The Morgan fingerprint density at radius 1 is 0.353 bits per heavy atom. The first-order chi connectivity index (χ1) is 14.7. The molecule has 0 atom stereocenters. The standard InChI is InChI=1S/C24H56S2Si8/c1-27(2,3)33(28(4,5)6,29(7,8)9)23-19-21-22(25-23)20-24(26-21)34(30(10,11)12,31(13,14)15)32(16,17)18/h19-20H,1-18H3. The normalized spacial score (nSPS) is 15.9. The summed E-state index contributed by atoms with van der Waals surface area (Å²) in [5, 5.41) is 0. The summed E-state index contributed by atoms with van der Waals surface area (Å²) in [6.45, 7) is 46.4. The first-order valence-corrected chi connectivity index (χ1v) is 45.9. The van der Waals surface area contributed by atoms with E-state index in [4.69, 9.17) is 0 Å². The summed E-state index contributed by atoms with van der Waals surface area (Å²) in [5.74, 6) is 0. The summed E-state index contributed by atoms with van der Waals surface area (Å²) in [6.07, 6.45) is 0. The lowest BCUT2D eigenvalue weighted by Crippen LogP contribution is -2.88. The third-order valence-electron chi connectivity index (χ3n) is 8.70. The van der Waals surface area contributed by atoms with Crippen molar-refractivity contribution in [1.29, 1.82) is 0 Å². The molecule has 2 heterocycles. The number of hydrogen-bond acceptors (Lipinski definition) is 2. The lowest BCUT2D eigenvalue weighted by molar-refractivity contribution is 1.74. The Kier molecular flexibility index (Phi) is 8.34. The van der Waals surface area contributed by atoms with Gasteiger partial charge in [0.25, 0.3) is 0 Å². The molecule has 0 spiro atoms. The quantitative estimate of drug-likeness (QED) is 0.255. The van der Waals surface area contributed by atoms with Crippen LogP contribution >= 0.6 is 22.7 Å². The van der Waals surface area contributed by atoms with Crippen LogP contribution in [0.3, 0.4) is 0 Å². The summed E-state index contributed by atoms with van der Waals surface area (Å²) in [5.41, 5.74) is 0. The van der Waals surface area contributed by atoms with Crippen molar-refractivity contribution in [3.05, 3.63) is 12.1 Å². The van der Waals surface area contributed by atoms with Gasteiger partial charge in [0.15, 0.2) is 0 Å². The van der Waals surface area contributed by atoms with Crippen molar-refractivity contribution in [3.8, 4) is 0 Å². The molecule has 0 aliphatic carbocycles. The van der Waals surface area contributed by atoms with E-state index in [9.17, 15) is 0 Å². The van der Waals surface area contributed by atoms with Crippen LogP contribution in [0.15, 0.2) is 12.1 Å². The minimum Gasteiger partial charge on any atom is -0.145 e. The minimum atomic E-state index is -1.52. The van der Waals surface area contributed by atoms with Crippen molar-refractivity contribution in [3.63, 3.8) is 0 Å². The second-order valence-electron chi connectivity index (χ2n) is 16.9. The Bertz CT molecular complexity index is 842. The number of rotatable bonds is 8. The van der Waals surface area contributed by atoms with Crippen LogP contribution in [-0.2, 0) is 0 Å². The molecular formula is C24H56S2Si8. The van der Waals surface area contributed by atoms with Crippen LogP contribution in [0.5, 0.6) is 0 Å². The second-order valence-corrected chi connectivity index (χ2v) is 100. The van der Waals surface area contributed by atoms with Gasteiger partial charge in [0.2, 0.25) is 0 Å². The van der Waals surface area contributed by atoms with Gasteiger partial charge < -0.3 is 0 Å². The van der Waals surface area contributed by atoms with Gasteiger partial charge in [0, 0.05) is 54.9 Å². The van der Waals surface area contributed by atoms with Gasteiger partial charge in [-0.15, -0.1) is 22.7 Å². The van der Waals surface area contributed by atoms with Crippen molar-refractivity contribution < 1.29 is 0 Å². The summed E-state index contributed by atoms with van der Waals surface area (Å²) in [4.78, 5) is 0. The molecule has 2 aromatic heterocycles. The molecule has 0 unspecified atom stereocenters. The van der Waals surface area contributed by atoms with Crippen LogP contribution in [-0.4, -0.2) is 58.8 Å². The molecule has 10 heteroatoms. The number of thiophene rings is 2. The van der Waals surface area contributed by atoms with E-state index < -0.39 is 58.8 Å². The molecule has 0 radical (unpaired) electrons. The smallest absolute Gasteiger partial charge is 0.0807 e. The topological polar surface area (TPSA) is 0 Å². The lowest BCUT2D eigenvalue weighted by atomic mass is 10.5. The highest BCUT2D eigenvalue weighted by atomic mass is 32.1. The van der Waals surface area contributed by atoms with Gasteiger partial charge in [-0.1, -0.05) is 118 Å². The van der Waals surface area contributed by atoms with Gasteiger partial charge in [0.1, 0.15) is 0 Å². The summed E-state index contributed by atoms with van der Waals surface area (Å²) in [6, 6.07) is 5.62. The molecule has 0 amide bonds. The van der Waals surface area contributed by atoms with Crippen LogP contribution < -0.4 is 9.00 Å². The molecule has 0 nitrogen and oxygen atoms in total. The summed E-state index contributed by atoms with van der Waals surface area (Å²) < 4.78 is 7.21. The van der Waals surface area contributed by atoms with Crippen molar-refractivity contribution in [1.82, 2.24) is 0 Å². The van der Waals surface area contributed by atoms with E-state index in [1.165, 1.54) is 0 Å². The lowest BCUT2D eigenvalue weighted by Gasteiger charge is -2.57. The first-order valence-electron chi connectivity index (χ1n) is 13.2. The van der Waals surface area contributed by atoms with Crippen molar-refractivity contribution in [2.45, 2.75) is 118 Å². The van der Waals surface area contributed by atoms with Crippen molar-refractivity contribution >= 4 is 99.9 Å². The molecule has 0 aromatic carbocycles. The molecule has 0 saturated carbocycles. The molecule has 0 fully saturated rings. The average molecular weight is 634 g/mol. The fraction of sp³-hybridized carbons (Fsp3) is 0.750. The highest BCUT2D eigenvalue weighted by molar-refractivity contribution is 7.96. The molecular weight excluding hydrogens is 577 g/mol. The zero-order valence-electron chi connectivity index (χ0n) is 26.0. The molecule has 2 rings (SSSR count). The Morgan fingerprint density at radius 2 is 0.529 bits per heavy atom. The van der Waals surface area contributed by atoms with Crippen LogP contribution in [0.2, 0.25) is 118 Å². The van der Waals surface area contributed by atoms with Crippen LogP contribution in [0.1, 0.15) is 0 Å². The third kappa shape index (κ3) is 4.59. The van der Waals surface area contributed by atoms with Gasteiger partial charge in [0.05, 0.1) is 13.3 Å². The van der Waals surface area contributed by atoms with E-state index >= 15 is 0 Å². The Morgan fingerprint density at radius 3 is 0.676 bits per heavy atom. The third-order valence-corrected chi connectivity index (χ3v) is 158. The maximum atomic E-state index is 2.81. The van der Waals surface area contributed by atoms with E-state index in [-0.39, 0.29) is 0 Å². The first kappa shape index (κ1) is 31.6. The van der Waals surface area contributed by atoms with Crippen LogP contribution in [0.4, 0.5) is 0 Å². The monoisotopic (exact) mass is 632 g/mol. The molecule has 0 bridgehead atoms. The van der Waals surface area contributed by atoms with Gasteiger partial charge >= 0.3 is 0 Å². The minimum absolute atomic E-state index is 1.32. The van der Waals surface area contributed by atoms with Gasteiger partial charge in [-0.3, -0.25) is 0 Å². The maximum Gasteiger partial charge on any atom is 0.0807 e. The SMILES string of the molecule is C[Si](C)(C)[Si](c1cc2sc([Si]([Si](C)(C)C)([Si](C)(C)C)[Si](C)(C)C)cc2s1)([Si](C)(C)C)[Si](C)(C)C. The van der Waals surface area contributed by atoms with E-state index in [0.29, 0.717) is 0 Å². The predicted octanol–water partition coefficient (Wildman–Crippen LogP) is 8.77. The van der Waals surface area contributed by atoms with Crippen LogP contribution in [0, 0.1) is 0 Å². The van der Waals surface area contributed by atoms with Crippen molar-refractivity contribution in [2.24, 2.45) is 0 Å². The van der Waals surface area contributed by atoms with E-state index in [1.807, 2.05) is 9.00 Å². The highest BCUT2D eigenvalue weighted by Crippen LogP contribution is 2.43. The summed E-state index contributed by atoms with van der Waals surface area (Å²) >= 11 is 4.60. The number of hydrogen-bond donors (Lipinski definition) is 0. The Hall–Kier alpha value is 1.40. The predicted molar refractivity (Wildman–Crippen MR) is 191 cm³/mol. The molecule has 2 aromatic rings. The van der Waals surface area contributed by atoms with E-state index in [2.05, 4.69) is 153 Å². The van der Waals surface area contributed by atoms with Crippen LogP contribution in [0.25, 0.3) is 9.40 Å². The molecule has 0 saturated heterocycles. The largest absolute Gasteiger partial charge is 0.145 e. The zero-order chi connectivity index (χ0) is 27.1. The number of fused-ring (bicyclic) bond motifs is 1. The van der Waals surface area contributed by atoms with E-state index in [0.717, 1.165) is 0 Å². The van der Waals surface area contributed by atoms with E-state index in [1.54, 1.807) is 9.40 Å². The Labute approximate surface area is 228 Å². The molecule has 0 N–H and O–H groups in total. The van der Waals surface area contributed by atoms with Gasteiger partial charge in [-0.05, 0) is 21.1 Å². The summed E-state index contributed by atoms with van der Waals surface area (Å²) in [7, 11) is -7.91. The molecule has 0 aliphatic rings. The fourth-order valence-electron chi connectivity index (χ4n) is 10.2. The highest BCUT2D eigenvalue weighted by Gasteiger charge is 2.65. The fourth-order valence-corrected chi connectivity index (χ4v) is 229. The molecule has 0 aliphatic heterocycles. The molecule has 196 valence electrons. The van der Waals surface area contributed by atoms with Gasteiger partial charge in [-0.25, -0.2) is 0 Å². The maximum absolute atomic E-state index is 2.81.